The predicted molar refractivity (Wildman–Crippen MR) is 103 cm³/mol. The molecule has 1 amide bonds. The number of hydrogen-bond acceptors (Lipinski definition) is 4. The van der Waals surface area contributed by atoms with E-state index in [4.69, 9.17) is 4.42 Å². The lowest BCUT2D eigenvalue weighted by atomic mass is 9.86. The largest absolute Gasteiger partial charge is 0.468 e. The molecule has 0 spiro atoms. The highest BCUT2D eigenvalue weighted by atomic mass is 32.2. The van der Waals surface area contributed by atoms with Gasteiger partial charge in [-0.05, 0) is 68.0 Å². The number of carbonyl (C=O) groups is 1. The van der Waals surface area contributed by atoms with Crippen molar-refractivity contribution in [3.05, 3.63) is 54.0 Å². The monoisotopic (exact) mass is 390 g/mol. The maximum absolute atomic E-state index is 12.7. The second-order valence-corrected chi connectivity index (χ2v) is 9.02. The predicted octanol–water partition coefficient (Wildman–Crippen LogP) is 3.41. The highest BCUT2D eigenvalue weighted by Crippen LogP contribution is 2.27. The molecular weight excluding hydrogens is 364 g/mol. The van der Waals surface area contributed by atoms with Crippen LogP contribution in [0.15, 0.2) is 52.0 Å². The first-order valence-electron chi connectivity index (χ1n) is 9.26. The van der Waals surface area contributed by atoms with E-state index in [2.05, 4.69) is 11.6 Å². The van der Waals surface area contributed by atoms with Crippen molar-refractivity contribution in [1.29, 1.82) is 0 Å². The number of rotatable bonds is 6. The molecule has 2 aromatic rings. The molecule has 3 rings (SSSR count). The summed E-state index contributed by atoms with van der Waals surface area (Å²) in [5.74, 6) is 1.19. The zero-order valence-corrected chi connectivity index (χ0v) is 16.5. The Kier molecular flexibility index (Phi) is 6.01. The zero-order valence-electron chi connectivity index (χ0n) is 15.7. The molecule has 6 nitrogen and oxygen atoms in total. The van der Waals surface area contributed by atoms with Gasteiger partial charge in [0.15, 0.2) is 0 Å². The van der Waals surface area contributed by atoms with Crippen LogP contribution < -0.4 is 4.72 Å². The Morgan fingerprint density at radius 3 is 2.41 bits per heavy atom. The molecule has 0 atom stereocenters. The molecule has 0 aliphatic heterocycles. The molecule has 1 aromatic carbocycles. The van der Waals surface area contributed by atoms with Crippen molar-refractivity contribution in [2.24, 2.45) is 5.92 Å². The Hall–Kier alpha value is -2.12. The molecular formula is C20H26N2O4S. The van der Waals surface area contributed by atoms with E-state index in [1.54, 1.807) is 29.2 Å². The van der Waals surface area contributed by atoms with Gasteiger partial charge in [0.1, 0.15) is 5.76 Å². The minimum absolute atomic E-state index is 0.0676. The van der Waals surface area contributed by atoms with Gasteiger partial charge in [0.05, 0.1) is 17.7 Å². The van der Waals surface area contributed by atoms with Crippen LogP contribution in [0.4, 0.5) is 0 Å². The van der Waals surface area contributed by atoms with Crippen molar-refractivity contribution in [1.82, 2.24) is 9.62 Å². The van der Waals surface area contributed by atoms with E-state index in [9.17, 15) is 13.2 Å². The lowest BCUT2D eigenvalue weighted by molar-refractivity contribution is 0.0679. The molecule has 0 unspecified atom stereocenters. The highest BCUT2D eigenvalue weighted by molar-refractivity contribution is 7.89. The van der Waals surface area contributed by atoms with Gasteiger partial charge in [-0.25, -0.2) is 13.1 Å². The first-order valence-corrected chi connectivity index (χ1v) is 10.7. The summed E-state index contributed by atoms with van der Waals surface area (Å²) >= 11 is 0. The van der Waals surface area contributed by atoms with Crippen LogP contribution >= 0.6 is 0 Å². The molecule has 1 heterocycles. The zero-order chi connectivity index (χ0) is 19.4. The first kappa shape index (κ1) is 19.6. The molecule has 7 heteroatoms. The van der Waals surface area contributed by atoms with Crippen LogP contribution in [0.25, 0.3) is 0 Å². The molecule has 146 valence electrons. The quantitative estimate of drug-likeness (QED) is 0.820. The van der Waals surface area contributed by atoms with Gasteiger partial charge in [-0.15, -0.1) is 0 Å². The summed E-state index contributed by atoms with van der Waals surface area (Å²) in [5, 5.41) is 0. The van der Waals surface area contributed by atoms with Crippen molar-refractivity contribution in [3.8, 4) is 0 Å². The van der Waals surface area contributed by atoms with Gasteiger partial charge < -0.3 is 9.32 Å². The van der Waals surface area contributed by atoms with Gasteiger partial charge in [-0.3, -0.25) is 4.79 Å². The van der Waals surface area contributed by atoms with Crippen LogP contribution in [-0.2, 0) is 16.6 Å². The lowest BCUT2D eigenvalue weighted by Gasteiger charge is -2.33. The first-order chi connectivity index (χ1) is 12.9. The summed E-state index contributed by atoms with van der Waals surface area (Å²) in [6, 6.07) is 9.74. The maximum Gasteiger partial charge on any atom is 0.253 e. The Balaban J connectivity index is 1.64. The van der Waals surface area contributed by atoms with E-state index in [0.717, 1.165) is 31.6 Å². The second kappa shape index (κ2) is 8.27. The normalized spacial score (nSPS) is 20.4. The topological polar surface area (TPSA) is 79.6 Å². The molecule has 1 N–H and O–H groups in total. The summed E-state index contributed by atoms with van der Waals surface area (Å²) in [4.78, 5) is 14.6. The SMILES string of the molecule is CC1CCC(N(C)C(=O)c2ccc(S(=O)(=O)NCc3ccco3)cc2)CC1. The van der Waals surface area contributed by atoms with Crippen molar-refractivity contribution >= 4 is 15.9 Å². The van der Waals surface area contributed by atoms with Gasteiger partial charge in [0.25, 0.3) is 5.91 Å². The Bertz CT molecular complexity index is 852. The van der Waals surface area contributed by atoms with Crippen molar-refractivity contribution in [2.75, 3.05) is 7.05 Å². The molecule has 1 fully saturated rings. The van der Waals surface area contributed by atoms with E-state index in [-0.39, 0.29) is 23.4 Å². The number of carbonyl (C=O) groups excluding carboxylic acids is 1. The smallest absolute Gasteiger partial charge is 0.253 e. The summed E-state index contributed by atoms with van der Waals surface area (Å²) in [6.07, 6.45) is 5.81. The van der Waals surface area contributed by atoms with Crippen LogP contribution in [-0.4, -0.2) is 32.3 Å². The minimum Gasteiger partial charge on any atom is -0.468 e. The standard InChI is InChI=1S/C20H26N2O4S/c1-15-5-9-17(10-6-15)22(2)20(23)16-7-11-19(12-8-16)27(24,25)21-14-18-4-3-13-26-18/h3-4,7-8,11-13,15,17,21H,5-6,9-10,14H2,1-2H3. The van der Waals surface area contributed by atoms with E-state index in [1.165, 1.54) is 18.4 Å². The van der Waals surface area contributed by atoms with Gasteiger partial charge in [0, 0.05) is 18.7 Å². The summed E-state index contributed by atoms with van der Waals surface area (Å²) in [6.45, 7) is 2.33. The summed E-state index contributed by atoms with van der Waals surface area (Å²) < 4.78 is 32.4. The molecule has 1 aliphatic carbocycles. The third-order valence-corrected chi connectivity index (χ3v) is 6.70. The summed E-state index contributed by atoms with van der Waals surface area (Å²) in [7, 11) is -1.83. The van der Waals surface area contributed by atoms with E-state index >= 15 is 0 Å². The van der Waals surface area contributed by atoms with Gasteiger partial charge in [-0.1, -0.05) is 6.92 Å². The van der Waals surface area contributed by atoms with Crippen molar-refractivity contribution in [3.63, 3.8) is 0 Å². The Morgan fingerprint density at radius 1 is 1.15 bits per heavy atom. The van der Waals surface area contributed by atoms with Crippen LogP contribution in [0.5, 0.6) is 0 Å². The fraction of sp³-hybridized carbons (Fsp3) is 0.450. The number of sulfonamides is 1. The van der Waals surface area contributed by atoms with Gasteiger partial charge in [-0.2, -0.15) is 0 Å². The number of amides is 1. The van der Waals surface area contributed by atoms with Gasteiger partial charge in [0.2, 0.25) is 10.0 Å². The molecule has 0 radical (unpaired) electrons. The second-order valence-electron chi connectivity index (χ2n) is 7.26. The van der Waals surface area contributed by atoms with Crippen molar-refractivity contribution in [2.45, 2.75) is 50.1 Å². The van der Waals surface area contributed by atoms with Crippen LogP contribution in [0.1, 0.15) is 48.7 Å². The number of hydrogen-bond donors (Lipinski definition) is 1. The molecule has 1 saturated carbocycles. The fourth-order valence-corrected chi connectivity index (χ4v) is 4.43. The number of furan rings is 1. The molecule has 0 bridgehead atoms. The molecule has 0 saturated heterocycles. The number of nitrogens with one attached hydrogen (secondary N) is 1. The third-order valence-electron chi connectivity index (χ3n) is 5.28. The Labute approximate surface area is 160 Å². The maximum atomic E-state index is 12.7. The fourth-order valence-electron chi connectivity index (χ4n) is 3.44. The average Bonchev–Trinajstić information content (AvgIpc) is 3.20. The highest BCUT2D eigenvalue weighted by Gasteiger charge is 2.25. The van der Waals surface area contributed by atoms with E-state index < -0.39 is 10.0 Å². The summed E-state index contributed by atoms with van der Waals surface area (Å²) in [5.41, 5.74) is 0.501. The molecule has 1 aliphatic rings. The van der Waals surface area contributed by atoms with Crippen LogP contribution in [0, 0.1) is 5.92 Å². The van der Waals surface area contributed by atoms with Crippen LogP contribution in [0.3, 0.4) is 0 Å². The lowest BCUT2D eigenvalue weighted by Crippen LogP contribution is -2.39. The number of nitrogens with zero attached hydrogens (tertiary/aromatic N) is 1. The average molecular weight is 391 g/mol. The van der Waals surface area contributed by atoms with Gasteiger partial charge >= 0.3 is 0 Å². The van der Waals surface area contributed by atoms with Crippen molar-refractivity contribution < 1.29 is 17.6 Å². The van der Waals surface area contributed by atoms with E-state index in [0.29, 0.717) is 11.3 Å². The molecule has 1 aromatic heterocycles. The molecule has 27 heavy (non-hydrogen) atoms. The Morgan fingerprint density at radius 2 is 1.81 bits per heavy atom. The number of benzene rings is 1. The van der Waals surface area contributed by atoms with E-state index in [1.807, 2.05) is 7.05 Å². The van der Waals surface area contributed by atoms with Crippen LogP contribution in [0.2, 0.25) is 0 Å². The third kappa shape index (κ3) is 4.78. The minimum atomic E-state index is -3.66.